The Kier molecular flexibility index (Phi) is 4.07. The summed E-state index contributed by atoms with van der Waals surface area (Å²) in [5.74, 6) is 0. The number of rotatable bonds is 3. The second kappa shape index (κ2) is 6.15. The summed E-state index contributed by atoms with van der Waals surface area (Å²) < 4.78 is 1.08. The molecule has 0 spiro atoms. The van der Waals surface area contributed by atoms with Crippen molar-refractivity contribution in [2.75, 3.05) is 4.90 Å². The van der Waals surface area contributed by atoms with Gasteiger partial charge in [-0.1, -0.05) is 42.5 Å². The molecule has 0 bridgehead atoms. The van der Waals surface area contributed by atoms with Crippen molar-refractivity contribution in [3.63, 3.8) is 0 Å². The number of anilines is 3. The maximum atomic E-state index is 3.67. The highest BCUT2D eigenvalue weighted by Crippen LogP contribution is 2.38. The van der Waals surface area contributed by atoms with Gasteiger partial charge in [-0.15, -0.1) is 0 Å². The quantitative estimate of drug-likeness (QED) is 0.547. The van der Waals surface area contributed by atoms with Crippen LogP contribution in [0.25, 0.3) is 0 Å². The summed E-state index contributed by atoms with van der Waals surface area (Å²) in [5.41, 5.74) is 4.69. The van der Waals surface area contributed by atoms with Gasteiger partial charge in [0.15, 0.2) is 0 Å². The lowest BCUT2D eigenvalue weighted by Crippen LogP contribution is -2.10. The molecule has 2 heteroatoms. The molecule has 3 rings (SSSR count). The van der Waals surface area contributed by atoms with Crippen LogP contribution >= 0.6 is 15.9 Å². The normalized spacial score (nSPS) is 10.4. The Morgan fingerprint density at radius 2 is 1.38 bits per heavy atom. The van der Waals surface area contributed by atoms with Gasteiger partial charge in [-0.3, -0.25) is 0 Å². The summed E-state index contributed by atoms with van der Waals surface area (Å²) in [6.45, 7) is 2.12. The fraction of sp³-hybridized carbons (Fsp3) is 0.0526. The van der Waals surface area contributed by atoms with E-state index in [0.29, 0.717) is 0 Å². The highest BCUT2D eigenvalue weighted by molar-refractivity contribution is 9.10. The van der Waals surface area contributed by atoms with Crippen LogP contribution in [0, 0.1) is 6.92 Å². The molecule has 0 saturated carbocycles. The van der Waals surface area contributed by atoms with Crippen LogP contribution in [0.2, 0.25) is 0 Å². The van der Waals surface area contributed by atoms with Crippen molar-refractivity contribution in [3.05, 3.63) is 88.9 Å². The Bertz CT molecular complexity index is 737. The van der Waals surface area contributed by atoms with E-state index >= 15 is 0 Å². The van der Waals surface area contributed by atoms with Gasteiger partial charge in [0.2, 0.25) is 0 Å². The molecule has 1 nitrogen and oxygen atoms in total. The van der Waals surface area contributed by atoms with Crippen LogP contribution < -0.4 is 4.90 Å². The van der Waals surface area contributed by atoms with Crippen molar-refractivity contribution >= 4 is 33.0 Å². The van der Waals surface area contributed by atoms with Crippen LogP contribution in [0.15, 0.2) is 83.3 Å². The minimum atomic E-state index is 1.08. The second-order valence-electron chi connectivity index (χ2n) is 4.96. The average molecular weight is 338 g/mol. The van der Waals surface area contributed by atoms with Gasteiger partial charge in [-0.25, -0.2) is 0 Å². The van der Waals surface area contributed by atoms with E-state index in [2.05, 4.69) is 94.5 Å². The van der Waals surface area contributed by atoms with E-state index in [9.17, 15) is 0 Å². The average Bonchev–Trinajstić information content (AvgIpc) is 2.51. The summed E-state index contributed by atoms with van der Waals surface area (Å²) in [4.78, 5) is 2.26. The Balaban J connectivity index is 2.19. The summed E-state index contributed by atoms with van der Waals surface area (Å²) in [6.07, 6.45) is 0. The van der Waals surface area contributed by atoms with E-state index in [4.69, 9.17) is 0 Å². The van der Waals surface area contributed by atoms with Crippen molar-refractivity contribution in [2.45, 2.75) is 6.92 Å². The van der Waals surface area contributed by atoms with Crippen molar-refractivity contribution in [1.29, 1.82) is 0 Å². The molecular formula is C19H16BrN. The number of nitrogens with zero attached hydrogens (tertiary/aromatic N) is 1. The standard InChI is InChI=1S/C19H16BrN/c1-15-8-7-11-17(14-15)21(16-9-3-2-4-10-16)19-13-6-5-12-18(19)20/h2-14H,1H3. The van der Waals surface area contributed by atoms with Crippen molar-refractivity contribution < 1.29 is 0 Å². The van der Waals surface area contributed by atoms with Crippen LogP contribution in [0.4, 0.5) is 17.1 Å². The molecule has 3 aromatic carbocycles. The Labute approximate surface area is 134 Å². The van der Waals surface area contributed by atoms with E-state index in [1.807, 2.05) is 12.1 Å². The summed E-state index contributed by atoms with van der Waals surface area (Å²) in [5, 5.41) is 0. The van der Waals surface area contributed by atoms with Crippen LogP contribution in [0.3, 0.4) is 0 Å². The van der Waals surface area contributed by atoms with Gasteiger partial charge in [0.1, 0.15) is 0 Å². The first-order valence-corrected chi connectivity index (χ1v) is 7.71. The molecule has 104 valence electrons. The van der Waals surface area contributed by atoms with Gasteiger partial charge in [0.05, 0.1) is 5.69 Å². The predicted molar refractivity (Wildman–Crippen MR) is 93.6 cm³/mol. The molecule has 0 heterocycles. The predicted octanol–water partition coefficient (Wildman–Crippen LogP) is 6.23. The number of aryl methyl sites for hydroxylation is 1. The zero-order valence-electron chi connectivity index (χ0n) is 11.8. The molecule has 0 radical (unpaired) electrons. The third-order valence-electron chi connectivity index (χ3n) is 3.37. The fourth-order valence-electron chi connectivity index (χ4n) is 2.40. The van der Waals surface area contributed by atoms with Crippen molar-refractivity contribution in [2.24, 2.45) is 0 Å². The Hall–Kier alpha value is -2.06. The molecule has 0 aliphatic heterocycles. The van der Waals surface area contributed by atoms with Gasteiger partial charge in [-0.05, 0) is 64.8 Å². The van der Waals surface area contributed by atoms with Crippen LogP contribution in [-0.2, 0) is 0 Å². The van der Waals surface area contributed by atoms with Crippen LogP contribution in [0.1, 0.15) is 5.56 Å². The first kappa shape index (κ1) is 13.9. The van der Waals surface area contributed by atoms with E-state index in [1.165, 1.54) is 5.56 Å². The van der Waals surface area contributed by atoms with Gasteiger partial charge in [0.25, 0.3) is 0 Å². The molecule has 0 amide bonds. The molecule has 0 fully saturated rings. The number of halogens is 1. The van der Waals surface area contributed by atoms with Crippen LogP contribution in [0.5, 0.6) is 0 Å². The molecule has 0 unspecified atom stereocenters. The minimum absolute atomic E-state index is 1.08. The highest BCUT2D eigenvalue weighted by Gasteiger charge is 2.14. The van der Waals surface area contributed by atoms with Gasteiger partial charge in [0, 0.05) is 15.8 Å². The van der Waals surface area contributed by atoms with Gasteiger partial charge < -0.3 is 4.90 Å². The molecular weight excluding hydrogens is 322 g/mol. The maximum absolute atomic E-state index is 3.67. The summed E-state index contributed by atoms with van der Waals surface area (Å²) in [7, 11) is 0. The summed E-state index contributed by atoms with van der Waals surface area (Å²) in [6, 6.07) is 27.3. The molecule has 3 aromatic rings. The number of hydrogen-bond acceptors (Lipinski definition) is 1. The van der Waals surface area contributed by atoms with E-state index in [1.54, 1.807) is 0 Å². The highest BCUT2D eigenvalue weighted by atomic mass is 79.9. The van der Waals surface area contributed by atoms with Gasteiger partial charge in [-0.2, -0.15) is 0 Å². The van der Waals surface area contributed by atoms with Crippen LogP contribution in [-0.4, -0.2) is 0 Å². The molecule has 0 saturated heterocycles. The SMILES string of the molecule is Cc1cccc(N(c2ccccc2)c2ccccc2Br)c1. The largest absolute Gasteiger partial charge is 0.309 e. The third-order valence-corrected chi connectivity index (χ3v) is 4.04. The van der Waals surface area contributed by atoms with Crippen molar-refractivity contribution in [3.8, 4) is 0 Å². The first-order chi connectivity index (χ1) is 10.3. The number of para-hydroxylation sites is 2. The van der Waals surface area contributed by atoms with E-state index in [0.717, 1.165) is 21.5 Å². The van der Waals surface area contributed by atoms with E-state index in [-0.39, 0.29) is 0 Å². The zero-order chi connectivity index (χ0) is 14.7. The minimum Gasteiger partial charge on any atom is -0.309 e. The zero-order valence-corrected chi connectivity index (χ0v) is 13.4. The molecule has 0 atom stereocenters. The first-order valence-electron chi connectivity index (χ1n) is 6.92. The maximum Gasteiger partial charge on any atom is 0.0603 e. The smallest absolute Gasteiger partial charge is 0.0603 e. The molecule has 0 aliphatic carbocycles. The molecule has 21 heavy (non-hydrogen) atoms. The lowest BCUT2D eigenvalue weighted by Gasteiger charge is -2.26. The molecule has 0 N–H and O–H groups in total. The second-order valence-corrected chi connectivity index (χ2v) is 5.82. The monoisotopic (exact) mass is 337 g/mol. The van der Waals surface area contributed by atoms with E-state index < -0.39 is 0 Å². The topological polar surface area (TPSA) is 3.24 Å². The third kappa shape index (κ3) is 3.01. The Morgan fingerprint density at radius 3 is 2.10 bits per heavy atom. The molecule has 0 aliphatic rings. The lowest BCUT2D eigenvalue weighted by molar-refractivity contribution is 1.26. The lowest BCUT2D eigenvalue weighted by atomic mass is 10.1. The van der Waals surface area contributed by atoms with Gasteiger partial charge >= 0.3 is 0 Å². The summed E-state index contributed by atoms with van der Waals surface area (Å²) >= 11 is 3.67. The fourth-order valence-corrected chi connectivity index (χ4v) is 2.87. The number of hydrogen-bond donors (Lipinski definition) is 0. The Morgan fingerprint density at radius 1 is 0.714 bits per heavy atom. The van der Waals surface area contributed by atoms with Crippen molar-refractivity contribution in [1.82, 2.24) is 0 Å². The molecule has 0 aromatic heterocycles. The number of benzene rings is 3.